The molecule has 3 nitrogen and oxygen atoms in total. The van der Waals surface area contributed by atoms with Gasteiger partial charge in [-0.3, -0.25) is 5.41 Å². The van der Waals surface area contributed by atoms with E-state index in [2.05, 4.69) is 0 Å². The number of nitrogens with one attached hydrogen (secondary N) is 1. The molecule has 2 N–H and O–H groups in total. The first-order valence-corrected chi connectivity index (χ1v) is 3.85. The van der Waals surface area contributed by atoms with E-state index < -0.39 is 11.7 Å². The number of benzene rings is 1. The number of carboxylic acids is 1. The number of rotatable bonds is 3. The summed E-state index contributed by atoms with van der Waals surface area (Å²) in [5.74, 6) is -1.33. The van der Waals surface area contributed by atoms with Crippen LogP contribution in [-0.2, 0) is 4.79 Å². The lowest BCUT2D eigenvalue weighted by molar-refractivity contribution is -0.129. The molecule has 14 heavy (non-hydrogen) atoms. The minimum Gasteiger partial charge on any atom is -0.477 e. The summed E-state index contributed by atoms with van der Waals surface area (Å²) in [6, 6.07) is 6.25. The van der Waals surface area contributed by atoms with Crippen molar-refractivity contribution in [2.24, 2.45) is 0 Å². The minimum absolute atomic E-state index is 0.203. The topological polar surface area (TPSA) is 61.2 Å². The van der Waals surface area contributed by atoms with E-state index in [1.54, 1.807) is 18.2 Å². The van der Waals surface area contributed by atoms with Crippen LogP contribution in [0.5, 0.6) is 0 Å². The smallest absolute Gasteiger partial charge is 0.354 e. The standard InChI is InChI=1S/C10H8FNO2/c11-6-5-7-3-1-2-4-8(7)9(12)10(13)14/h1-6,12H,(H,13,14)/b6-5+,12-9?. The summed E-state index contributed by atoms with van der Waals surface area (Å²) in [5, 5.41) is 15.8. The second-order valence-electron chi connectivity index (χ2n) is 2.56. The third kappa shape index (κ3) is 2.04. The summed E-state index contributed by atoms with van der Waals surface area (Å²) in [6.45, 7) is 0. The maximum absolute atomic E-state index is 11.9. The molecule has 1 rings (SSSR count). The first kappa shape index (κ1) is 10.1. The lowest BCUT2D eigenvalue weighted by atomic mass is 10.0. The Labute approximate surface area is 80.0 Å². The van der Waals surface area contributed by atoms with Gasteiger partial charge < -0.3 is 5.11 Å². The van der Waals surface area contributed by atoms with Crippen molar-refractivity contribution in [1.29, 1.82) is 5.41 Å². The largest absolute Gasteiger partial charge is 0.477 e. The second kappa shape index (κ2) is 4.32. The van der Waals surface area contributed by atoms with Crippen molar-refractivity contribution in [2.75, 3.05) is 0 Å². The van der Waals surface area contributed by atoms with E-state index in [1.165, 1.54) is 6.07 Å². The van der Waals surface area contributed by atoms with Gasteiger partial charge in [0, 0.05) is 5.56 Å². The maximum atomic E-state index is 11.9. The van der Waals surface area contributed by atoms with Gasteiger partial charge in [-0.1, -0.05) is 24.3 Å². The van der Waals surface area contributed by atoms with Crippen LogP contribution in [0.1, 0.15) is 11.1 Å². The van der Waals surface area contributed by atoms with Crippen molar-refractivity contribution in [3.05, 3.63) is 41.7 Å². The van der Waals surface area contributed by atoms with E-state index in [-0.39, 0.29) is 5.56 Å². The molecule has 4 heteroatoms. The van der Waals surface area contributed by atoms with Crippen LogP contribution in [0.25, 0.3) is 6.08 Å². The van der Waals surface area contributed by atoms with Crippen LogP contribution < -0.4 is 0 Å². The minimum atomic E-state index is -1.33. The summed E-state index contributed by atoms with van der Waals surface area (Å²) in [5.41, 5.74) is 0.0370. The molecule has 1 aromatic carbocycles. The Morgan fingerprint density at radius 3 is 2.64 bits per heavy atom. The Morgan fingerprint density at radius 1 is 1.43 bits per heavy atom. The van der Waals surface area contributed by atoms with E-state index >= 15 is 0 Å². The molecule has 0 amide bonds. The average molecular weight is 193 g/mol. The van der Waals surface area contributed by atoms with Crippen LogP contribution in [0.15, 0.2) is 30.6 Å². The van der Waals surface area contributed by atoms with E-state index in [4.69, 9.17) is 10.5 Å². The zero-order valence-corrected chi connectivity index (χ0v) is 7.20. The average Bonchev–Trinajstić information content (AvgIpc) is 2.18. The van der Waals surface area contributed by atoms with Gasteiger partial charge in [0.15, 0.2) is 0 Å². The SMILES string of the molecule is N=C(C(=O)O)c1ccccc1/C=C/F. The van der Waals surface area contributed by atoms with Gasteiger partial charge in [0.05, 0.1) is 6.33 Å². The molecule has 0 aliphatic carbocycles. The molecule has 0 radical (unpaired) electrons. The molecule has 72 valence electrons. The van der Waals surface area contributed by atoms with Gasteiger partial charge in [0.2, 0.25) is 0 Å². The molecule has 0 heterocycles. The van der Waals surface area contributed by atoms with Crippen molar-refractivity contribution in [3.8, 4) is 0 Å². The zero-order valence-electron chi connectivity index (χ0n) is 7.20. The highest BCUT2D eigenvalue weighted by atomic mass is 19.1. The van der Waals surface area contributed by atoms with Gasteiger partial charge in [-0.05, 0) is 11.6 Å². The highest BCUT2D eigenvalue weighted by molar-refractivity contribution is 6.41. The van der Waals surface area contributed by atoms with Gasteiger partial charge in [-0.25, -0.2) is 9.18 Å². The van der Waals surface area contributed by atoms with Gasteiger partial charge in [-0.15, -0.1) is 0 Å². The third-order valence-electron chi connectivity index (χ3n) is 1.69. The molecule has 0 fully saturated rings. The molecule has 0 aromatic heterocycles. The van der Waals surface area contributed by atoms with Crippen molar-refractivity contribution in [3.63, 3.8) is 0 Å². The third-order valence-corrected chi connectivity index (χ3v) is 1.69. The molecule has 0 aliphatic rings. The normalized spacial score (nSPS) is 10.4. The molecule has 0 saturated heterocycles. The summed E-state index contributed by atoms with van der Waals surface area (Å²) < 4.78 is 11.9. The van der Waals surface area contributed by atoms with Crippen molar-refractivity contribution in [2.45, 2.75) is 0 Å². The van der Waals surface area contributed by atoms with E-state index in [9.17, 15) is 9.18 Å². The second-order valence-corrected chi connectivity index (χ2v) is 2.56. The van der Waals surface area contributed by atoms with Gasteiger partial charge in [-0.2, -0.15) is 0 Å². The monoisotopic (exact) mass is 193 g/mol. The van der Waals surface area contributed by atoms with Crippen LogP contribution >= 0.6 is 0 Å². The van der Waals surface area contributed by atoms with Gasteiger partial charge in [0.1, 0.15) is 5.71 Å². The summed E-state index contributed by atoms with van der Waals surface area (Å²) in [6.07, 6.45) is 1.43. The first-order chi connectivity index (χ1) is 6.66. The van der Waals surface area contributed by atoms with Crippen molar-refractivity contribution < 1.29 is 14.3 Å². The molecule has 0 saturated carbocycles. The van der Waals surface area contributed by atoms with Crippen molar-refractivity contribution >= 4 is 17.8 Å². The maximum Gasteiger partial charge on any atom is 0.354 e. The van der Waals surface area contributed by atoms with Gasteiger partial charge in [0.25, 0.3) is 0 Å². The van der Waals surface area contributed by atoms with Crippen LogP contribution in [0.2, 0.25) is 0 Å². The fourth-order valence-electron chi connectivity index (χ4n) is 1.05. The molecular weight excluding hydrogens is 185 g/mol. The number of hydrogen-bond donors (Lipinski definition) is 2. The molecule has 0 atom stereocenters. The number of halogens is 1. The van der Waals surface area contributed by atoms with E-state index in [0.29, 0.717) is 11.9 Å². The molecule has 0 unspecified atom stereocenters. The predicted molar refractivity (Wildman–Crippen MR) is 51.0 cm³/mol. The lowest BCUT2D eigenvalue weighted by Crippen LogP contribution is -2.13. The predicted octanol–water partition coefficient (Wildman–Crippen LogP) is 2.08. The molecule has 0 spiro atoms. The molecule has 1 aromatic rings. The number of hydrogen-bond acceptors (Lipinski definition) is 2. The Kier molecular flexibility index (Phi) is 3.12. The molecule has 0 bridgehead atoms. The number of aliphatic carboxylic acids is 1. The fraction of sp³-hybridized carbons (Fsp3) is 0. The summed E-state index contributed by atoms with van der Waals surface area (Å²) in [4.78, 5) is 10.5. The van der Waals surface area contributed by atoms with Gasteiger partial charge >= 0.3 is 5.97 Å². The highest BCUT2D eigenvalue weighted by Crippen LogP contribution is 2.11. The van der Waals surface area contributed by atoms with Crippen LogP contribution in [0, 0.1) is 5.41 Å². The number of carboxylic acid groups (broad SMARTS) is 1. The molecular formula is C10H8FNO2. The Balaban J connectivity index is 3.19. The summed E-state index contributed by atoms with van der Waals surface area (Å²) >= 11 is 0. The summed E-state index contributed by atoms with van der Waals surface area (Å²) in [7, 11) is 0. The Hall–Kier alpha value is -1.97. The molecule has 0 aliphatic heterocycles. The van der Waals surface area contributed by atoms with Crippen molar-refractivity contribution in [1.82, 2.24) is 0 Å². The Morgan fingerprint density at radius 2 is 2.07 bits per heavy atom. The quantitative estimate of drug-likeness (QED) is 0.722. The fourth-order valence-corrected chi connectivity index (χ4v) is 1.05. The van der Waals surface area contributed by atoms with E-state index in [0.717, 1.165) is 6.08 Å². The van der Waals surface area contributed by atoms with Crippen LogP contribution in [0.4, 0.5) is 4.39 Å². The zero-order chi connectivity index (χ0) is 10.6. The first-order valence-electron chi connectivity index (χ1n) is 3.85. The van der Waals surface area contributed by atoms with Crippen LogP contribution in [-0.4, -0.2) is 16.8 Å². The number of carbonyl (C=O) groups is 1. The lowest BCUT2D eigenvalue weighted by Gasteiger charge is -2.02. The van der Waals surface area contributed by atoms with Crippen LogP contribution in [0.3, 0.4) is 0 Å². The highest BCUT2D eigenvalue weighted by Gasteiger charge is 2.11. The Bertz CT molecular complexity index is 399. The van der Waals surface area contributed by atoms with E-state index in [1.807, 2.05) is 0 Å².